The number of rotatable bonds is 4. The van der Waals surface area contributed by atoms with Gasteiger partial charge in [-0.05, 0) is 79.9 Å². The first kappa shape index (κ1) is 23.0. The zero-order valence-electron chi connectivity index (χ0n) is 20.8. The Balaban J connectivity index is 1.58. The lowest BCUT2D eigenvalue weighted by Gasteiger charge is -2.34. The minimum absolute atomic E-state index is 0.453. The summed E-state index contributed by atoms with van der Waals surface area (Å²) in [5, 5.41) is 0. The Labute approximate surface area is 232 Å². The van der Waals surface area contributed by atoms with Gasteiger partial charge in [0.05, 0.1) is 5.41 Å². The molecule has 0 bridgehead atoms. The molecule has 38 heavy (non-hydrogen) atoms. The van der Waals surface area contributed by atoms with E-state index in [0.29, 0.717) is 0 Å². The van der Waals surface area contributed by atoms with Crippen molar-refractivity contribution in [1.29, 1.82) is 0 Å². The standard InChI is InChI=1S/C37H25Br/c38-32-21-22-34-33-19-7-8-20-35(33)37(36(34)25-32,30-17-9-15-28(23-30)26-11-3-1-4-12-26)31-18-10-16-29(24-31)27-13-5-2-6-14-27/h1-25H. The summed E-state index contributed by atoms with van der Waals surface area (Å²) in [4.78, 5) is 0. The zero-order valence-corrected chi connectivity index (χ0v) is 22.4. The predicted molar refractivity (Wildman–Crippen MR) is 162 cm³/mol. The maximum Gasteiger partial charge on any atom is 0.0714 e. The third kappa shape index (κ3) is 3.58. The fourth-order valence-corrected chi connectivity index (χ4v) is 6.53. The van der Waals surface area contributed by atoms with E-state index in [2.05, 4.69) is 168 Å². The van der Waals surface area contributed by atoms with Crippen LogP contribution in [0.1, 0.15) is 22.3 Å². The molecule has 0 unspecified atom stereocenters. The Kier molecular flexibility index (Phi) is 5.60. The van der Waals surface area contributed by atoms with Gasteiger partial charge in [0.2, 0.25) is 0 Å². The molecule has 0 N–H and O–H groups in total. The van der Waals surface area contributed by atoms with Crippen molar-refractivity contribution in [3.63, 3.8) is 0 Å². The van der Waals surface area contributed by atoms with Crippen LogP contribution in [-0.4, -0.2) is 0 Å². The quantitative estimate of drug-likeness (QED) is 0.205. The van der Waals surface area contributed by atoms with Crippen LogP contribution >= 0.6 is 15.9 Å². The predicted octanol–water partition coefficient (Wildman–Crippen LogP) is 10.1. The largest absolute Gasteiger partial charge is 0.0714 e. The molecular formula is C37H25Br. The minimum atomic E-state index is -0.453. The maximum atomic E-state index is 3.81. The summed E-state index contributed by atoms with van der Waals surface area (Å²) in [5.41, 5.74) is 12.2. The van der Waals surface area contributed by atoms with Crippen molar-refractivity contribution in [1.82, 2.24) is 0 Å². The van der Waals surface area contributed by atoms with Crippen LogP contribution in [-0.2, 0) is 5.41 Å². The fraction of sp³-hybridized carbons (Fsp3) is 0.0270. The first-order valence-electron chi connectivity index (χ1n) is 13.0. The second-order valence-corrected chi connectivity index (χ2v) is 10.8. The van der Waals surface area contributed by atoms with Gasteiger partial charge in [0.25, 0.3) is 0 Å². The van der Waals surface area contributed by atoms with Crippen molar-refractivity contribution in [2.75, 3.05) is 0 Å². The van der Waals surface area contributed by atoms with Crippen molar-refractivity contribution in [3.05, 3.63) is 178 Å². The molecule has 0 spiro atoms. The molecule has 1 aliphatic rings. The van der Waals surface area contributed by atoms with E-state index in [0.717, 1.165) is 4.47 Å². The van der Waals surface area contributed by atoms with Gasteiger partial charge < -0.3 is 0 Å². The normalized spacial score (nSPS) is 13.1. The molecule has 0 amide bonds. The van der Waals surface area contributed by atoms with E-state index < -0.39 is 5.41 Å². The van der Waals surface area contributed by atoms with Crippen molar-refractivity contribution in [2.24, 2.45) is 0 Å². The van der Waals surface area contributed by atoms with Crippen LogP contribution < -0.4 is 0 Å². The molecule has 6 aromatic carbocycles. The zero-order chi connectivity index (χ0) is 25.5. The highest BCUT2D eigenvalue weighted by atomic mass is 79.9. The molecule has 180 valence electrons. The molecule has 0 aliphatic heterocycles. The molecule has 0 atom stereocenters. The summed E-state index contributed by atoms with van der Waals surface area (Å²) in [7, 11) is 0. The number of benzene rings is 6. The molecule has 6 aromatic rings. The van der Waals surface area contributed by atoms with Crippen molar-refractivity contribution in [3.8, 4) is 33.4 Å². The summed E-state index contributed by atoms with van der Waals surface area (Å²) in [6.07, 6.45) is 0. The molecule has 0 aromatic heterocycles. The lowest BCUT2D eigenvalue weighted by molar-refractivity contribution is 0.768. The minimum Gasteiger partial charge on any atom is -0.0622 e. The molecule has 0 saturated carbocycles. The second-order valence-electron chi connectivity index (χ2n) is 9.88. The van der Waals surface area contributed by atoms with Crippen LogP contribution in [0.4, 0.5) is 0 Å². The number of fused-ring (bicyclic) bond motifs is 3. The first-order valence-corrected chi connectivity index (χ1v) is 13.8. The molecule has 1 aliphatic carbocycles. The molecule has 0 heterocycles. The van der Waals surface area contributed by atoms with Crippen LogP contribution in [0.15, 0.2) is 156 Å². The van der Waals surface area contributed by atoms with Crippen molar-refractivity contribution >= 4 is 15.9 Å². The molecule has 0 saturated heterocycles. The second kappa shape index (κ2) is 9.28. The summed E-state index contributed by atoms with van der Waals surface area (Å²) < 4.78 is 1.09. The van der Waals surface area contributed by atoms with Gasteiger partial charge in [-0.15, -0.1) is 0 Å². The topological polar surface area (TPSA) is 0 Å². The highest BCUT2D eigenvalue weighted by molar-refractivity contribution is 9.10. The number of halogens is 1. The van der Waals surface area contributed by atoms with E-state index in [4.69, 9.17) is 0 Å². The molecule has 1 heteroatoms. The maximum absolute atomic E-state index is 3.81. The average Bonchev–Trinajstić information content (AvgIpc) is 3.28. The van der Waals surface area contributed by atoms with Gasteiger partial charge in [-0.3, -0.25) is 0 Å². The third-order valence-corrected chi connectivity index (χ3v) is 8.31. The van der Waals surface area contributed by atoms with E-state index in [1.165, 1.54) is 55.6 Å². The highest BCUT2D eigenvalue weighted by Gasteiger charge is 2.46. The monoisotopic (exact) mass is 548 g/mol. The molecule has 7 rings (SSSR count). The van der Waals surface area contributed by atoms with E-state index in [1.807, 2.05) is 0 Å². The Bertz CT molecular complexity index is 1680. The van der Waals surface area contributed by atoms with Gasteiger partial charge in [-0.2, -0.15) is 0 Å². The van der Waals surface area contributed by atoms with Gasteiger partial charge in [-0.1, -0.05) is 143 Å². The molecule has 0 fully saturated rings. The van der Waals surface area contributed by atoms with Gasteiger partial charge >= 0.3 is 0 Å². The van der Waals surface area contributed by atoms with E-state index in [9.17, 15) is 0 Å². The van der Waals surface area contributed by atoms with Crippen molar-refractivity contribution < 1.29 is 0 Å². The smallest absolute Gasteiger partial charge is 0.0622 e. The lowest BCUT2D eigenvalue weighted by atomic mass is 9.67. The summed E-state index contributed by atoms with van der Waals surface area (Å²) in [5.74, 6) is 0. The summed E-state index contributed by atoms with van der Waals surface area (Å²) >= 11 is 3.81. The summed E-state index contributed by atoms with van der Waals surface area (Å²) in [6, 6.07) is 55.2. The van der Waals surface area contributed by atoms with Gasteiger partial charge in [-0.25, -0.2) is 0 Å². The molecule has 0 radical (unpaired) electrons. The summed E-state index contributed by atoms with van der Waals surface area (Å²) in [6.45, 7) is 0. The van der Waals surface area contributed by atoms with E-state index >= 15 is 0 Å². The van der Waals surface area contributed by atoms with Gasteiger partial charge in [0.15, 0.2) is 0 Å². The van der Waals surface area contributed by atoms with Gasteiger partial charge in [0.1, 0.15) is 0 Å². The average molecular weight is 550 g/mol. The SMILES string of the molecule is Brc1ccc2c(c1)C(c1cccc(-c3ccccc3)c1)(c1cccc(-c3ccccc3)c1)c1ccccc1-2. The number of hydrogen-bond acceptors (Lipinski definition) is 0. The Morgan fingerprint density at radius 1 is 0.368 bits per heavy atom. The van der Waals surface area contributed by atoms with Crippen LogP contribution in [0.2, 0.25) is 0 Å². The molecular weight excluding hydrogens is 524 g/mol. The number of hydrogen-bond donors (Lipinski definition) is 0. The first-order chi connectivity index (χ1) is 18.7. The van der Waals surface area contributed by atoms with Crippen molar-refractivity contribution in [2.45, 2.75) is 5.41 Å². The van der Waals surface area contributed by atoms with Crippen LogP contribution in [0.25, 0.3) is 33.4 Å². The van der Waals surface area contributed by atoms with E-state index in [-0.39, 0.29) is 0 Å². The molecule has 0 nitrogen and oxygen atoms in total. The van der Waals surface area contributed by atoms with Gasteiger partial charge in [0, 0.05) is 4.47 Å². The fourth-order valence-electron chi connectivity index (χ4n) is 6.17. The Hall–Kier alpha value is -4.20. The van der Waals surface area contributed by atoms with E-state index in [1.54, 1.807) is 0 Å². The third-order valence-electron chi connectivity index (χ3n) is 7.81. The lowest BCUT2D eigenvalue weighted by Crippen LogP contribution is -2.28. The Morgan fingerprint density at radius 2 is 0.868 bits per heavy atom. The van der Waals surface area contributed by atoms with Crippen LogP contribution in [0, 0.1) is 0 Å². The van der Waals surface area contributed by atoms with Crippen LogP contribution in [0.5, 0.6) is 0 Å². The van der Waals surface area contributed by atoms with Crippen LogP contribution in [0.3, 0.4) is 0 Å². The highest BCUT2D eigenvalue weighted by Crippen LogP contribution is 2.57. The Morgan fingerprint density at radius 3 is 1.47 bits per heavy atom.